The maximum Gasteiger partial charge on any atom is 0.262 e. The van der Waals surface area contributed by atoms with E-state index in [4.69, 9.17) is 5.53 Å². The Morgan fingerprint density at radius 1 is 1.56 bits per heavy atom. The minimum Gasteiger partial charge on any atom is -0.280 e. The van der Waals surface area contributed by atoms with Gasteiger partial charge in [-0.15, -0.1) is 0 Å². The average Bonchev–Trinajstić information content (AvgIpc) is 2.49. The van der Waals surface area contributed by atoms with E-state index in [9.17, 15) is 8.78 Å². The zero-order chi connectivity index (χ0) is 6.91. The molecule has 0 aromatic heterocycles. The molecule has 0 radical (unpaired) electrons. The molecule has 5 heteroatoms. The van der Waals surface area contributed by atoms with Gasteiger partial charge < -0.3 is 0 Å². The Morgan fingerprint density at radius 2 is 2.11 bits per heavy atom. The van der Waals surface area contributed by atoms with Crippen LogP contribution in [0.4, 0.5) is 8.78 Å². The second-order valence-electron chi connectivity index (χ2n) is 2.18. The molecule has 0 bridgehead atoms. The summed E-state index contributed by atoms with van der Waals surface area (Å²) >= 11 is 0. The molecular formula is C4H7F2N3. The minimum atomic E-state index is -2.40. The topological polar surface area (TPSA) is 48.2 Å². The fraction of sp³-hybridized carbons (Fsp3) is 1.00. The predicted octanol–water partition coefficient (Wildman–Crippen LogP) is 1.32. The van der Waals surface area contributed by atoms with Crippen molar-refractivity contribution in [3.63, 3.8) is 0 Å². The van der Waals surface area contributed by atoms with E-state index < -0.39 is 12.0 Å². The van der Waals surface area contributed by atoms with Crippen molar-refractivity contribution in [2.75, 3.05) is 0 Å². The highest BCUT2D eigenvalue weighted by atomic mass is 19.3. The quantitative estimate of drug-likeness (QED) is 0.445. The molecule has 1 rings (SSSR count). The molecule has 0 aromatic carbocycles. The van der Waals surface area contributed by atoms with E-state index in [1.54, 1.807) is 0 Å². The number of rotatable bonds is 3. The lowest BCUT2D eigenvalue weighted by atomic mass is 10.3. The SMILES string of the molecule is N=NNC1(C(F)F)CC1. The fourth-order valence-corrected chi connectivity index (χ4v) is 0.625. The first-order valence-electron chi connectivity index (χ1n) is 2.63. The molecule has 1 aliphatic rings. The van der Waals surface area contributed by atoms with Gasteiger partial charge in [0.15, 0.2) is 0 Å². The number of hydrogen-bond donors (Lipinski definition) is 2. The molecule has 0 aliphatic heterocycles. The lowest BCUT2D eigenvalue weighted by molar-refractivity contribution is 0.0845. The predicted molar refractivity (Wildman–Crippen MR) is 26.3 cm³/mol. The van der Waals surface area contributed by atoms with E-state index in [0.717, 1.165) is 0 Å². The van der Waals surface area contributed by atoms with Crippen molar-refractivity contribution in [1.82, 2.24) is 5.43 Å². The Morgan fingerprint density at radius 3 is 2.22 bits per heavy atom. The first-order valence-corrected chi connectivity index (χ1v) is 2.63. The van der Waals surface area contributed by atoms with Crippen molar-refractivity contribution < 1.29 is 8.78 Å². The highest BCUT2D eigenvalue weighted by Crippen LogP contribution is 2.40. The maximum absolute atomic E-state index is 11.9. The van der Waals surface area contributed by atoms with Crippen LogP contribution < -0.4 is 5.43 Å². The number of hydrogen-bond acceptors (Lipinski definition) is 2. The Bertz CT molecular complexity index is 121. The number of nitrogens with one attached hydrogen (secondary N) is 2. The largest absolute Gasteiger partial charge is 0.280 e. The molecule has 0 saturated heterocycles. The third kappa shape index (κ3) is 0.988. The summed E-state index contributed by atoms with van der Waals surface area (Å²) in [5.74, 6) is 0. The smallest absolute Gasteiger partial charge is 0.262 e. The van der Waals surface area contributed by atoms with Gasteiger partial charge in [-0.25, -0.2) is 8.78 Å². The normalized spacial score (nSPS) is 21.7. The standard InChI is InChI=1S/C4H7F2N3/c5-3(6)4(1-2-4)8-9-7/h3H,1-2H2,(H2,7,8). The molecule has 2 N–H and O–H groups in total. The van der Waals surface area contributed by atoms with Crippen LogP contribution in [0.15, 0.2) is 5.22 Å². The van der Waals surface area contributed by atoms with Gasteiger partial charge in [0.1, 0.15) is 5.54 Å². The van der Waals surface area contributed by atoms with E-state index >= 15 is 0 Å². The van der Waals surface area contributed by atoms with Crippen LogP contribution in [-0.4, -0.2) is 12.0 Å². The van der Waals surface area contributed by atoms with Gasteiger partial charge in [-0.1, -0.05) is 5.22 Å². The molecule has 0 amide bonds. The van der Waals surface area contributed by atoms with E-state index in [1.165, 1.54) is 0 Å². The summed E-state index contributed by atoms with van der Waals surface area (Å²) in [5, 5.41) is 2.71. The second-order valence-corrected chi connectivity index (χ2v) is 2.18. The van der Waals surface area contributed by atoms with Crippen LogP contribution in [0.1, 0.15) is 12.8 Å². The van der Waals surface area contributed by atoms with Crippen molar-refractivity contribution in [2.24, 2.45) is 5.22 Å². The number of nitrogens with zero attached hydrogens (tertiary/aromatic N) is 1. The summed E-state index contributed by atoms with van der Waals surface area (Å²) in [6, 6.07) is 0. The summed E-state index contributed by atoms with van der Waals surface area (Å²) < 4.78 is 23.7. The van der Waals surface area contributed by atoms with Crippen molar-refractivity contribution in [3.05, 3.63) is 0 Å². The summed E-state index contributed by atoms with van der Waals surface area (Å²) in [5.41, 5.74) is 7.21. The monoisotopic (exact) mass is 135 g/mol. The summed E-state index contributed by atoms with van der Waals surface area (Å²) in [6.45, 7) is 0. The van der Waals surface area contributed by atoms with E-state index in [0.29, 0.717) is 12.8 Å². The summed E-state index contributed by atoms with van der Waals surface area (Å²) in [6.07, 6.45) is -1.55. The third-order valence-electron chi connectivity index (χ3n) is 1.48. The molecule has 9 heavy (non-hydrogen) atoms. The van der Waals surface area contributed by atoms with Crippen molar-refractivity contribution >= 4 is 0 Å². The molecular weight excluding hydrogens is 128 g/mol. The van der Waals surface area contributed by atoms with Gasteiger partial charge >= 0.3 is 0 Å². The summed E-state index contributed by atoms with van der Waals surface area (Å²) in [4.78, 5) is 0. The third-order valence-corrected chi connectivity index (χ3v) is 1.48. The van der Waals surface area contributed by atoms with Crippen LogP contribution in [-0.2, 0) is 0 Å². The van der Waals surface area contributed by atoms with E-state index in [2.05, 4.69) is 10.6 Å². The van der Waals surface area contributed by atoms with Crippen LogP contribution in [0.2, 0.25) is 0 Å². The maximum atomic E-state index is 11.9. The molecule has 0 atom stereocenters. The van der Waals surface area contributed by atoms with Crippen LogP contribution in [0.5, 0.6) is 0 Å². The molecule has 1 fully saturated rings. The van der Waals surface area contributed by atoms with Crippen LogP contribution >= 0.6 is 0 Å². The van der Waals surface area contributed by atoms with Gasteiger partial charge in [-0.2, -0.15) is 5.53 Å². The van der Waals surface area contributed by atoms with Gasteiger partial charge in [-0.05, 0) is 12.8 Å². The highest BCUT2D eigenvalue weighted by molar-refractivity contribution is 5.02. The molecule has 0 aromatic rings. The minimum absolute atomic E-state index is 0.424. The Balaban J connectivity index is 2.42. The van der Waals surface area contributed by atoms with Crippen LogP contribution in [0, 0.1) is 5.53 Å². The second kappa shape index (κ2) is 1.89. The van der Waals surface area contributed by atoms with Gasteiger partial charge in [0.25, 0.3) is 6.43 Å². The Hall–Kier alpha value is -0.740. The van der Waals surface area contributed by atoms with Gasteiger partial charge in [0, 0.05) is 0 Å². The van der Waals surface area contributed by atoms with Crippen LogP contribution in [0.3, 0.4) is 0 Å². The lowest BCUT2D eigenvalue weighted by Crippen LogP contribution is -2.33. The molecule has 0 unspecified atom stereocenters. The molecule has 52 valence electrons. The highest BCUT2D eigenvalue weighted by Gasteiger charge is 2.51. The van der Waals surface area contributed by atoms with Gasteiger partial charge in [-0.3, -0.25) is 5.43 Å². The molecule has 0 heterocycles. The van der Waals surface area contributed by atoms with Gasteiger partial charge in [0.2, 0.25) is 0 Å². The van der Waals surface area contributed by atoms with Crippen LogP contribution in [0.25, 0.3) is 0 Å². The first-order chi connectivity index (χ1) is 4.21. The zero-order valence-corrected chi connectivity index (χ0v) is 4.69. The molecule has 1 saturated carbocycles. The molecule has 1 aliphatic carbocycles. The van der Waals surface area contributed by atoms with Crippen molar-refractivity contribution in [3.8, 4) is 0 Å². The zero-order valence-electron chi connectivity index (χ0n) is 4.69. The average molecular weight is 135 g/mol. The lowest BCUT2D eigenvalue weighted by Gasteiger charge is -2.10. The Labute approximate surface area is 50.9 Å². The van der Waals surface area contributed by atoms with Crippen molar-refractivity contribution in [2.45, 2.75) is 24.8 Å². The van der Waals surface area contributed by atoms with Gasteiger partial charge in [0.05, 0.1) is 0 Å². The summed E-state index contributed by atoms with van der Waals surface area (Å²) in [7, 11) is 0. The Kier molecular flexibility index (Phi) is 1.34. The number of alkyl halides is 2. The first kappa shape index (κ1) is 6.38. The molecule has 0 spiro atoms. The fourth-order valence-electron chi connectivity index (χ4n) is 0.625. The molecule has 3 nitrogen and oxygen atoms in total. The van der Waals surface area contributed by atoms with E-state index in [-0.39, 0.29) is 0 Å². The number of halogens is 2. The van der Waals surface area contributed by atoms with Crippen molar-refractivity contribution in [1.29, 1.82) is 5.53 Å². The van der Waals surface area contributed by atoms with E-state index in [1.807, 2.05) is 0 Å².